The lowest BCUT2D eigenvalue weighted by molar-refractivity contribution is -0.151. The predicted octanol–water partition coefficient (Wildman–Crippen LogP) is 0.0766. The van der Waals surface area contributed by atoms with E-state index in [0.29, 0.717) is 19.4 Å². The zero-order valence-corrected chi connectivity index (χ0v) is 11.0. The lowest BCUT2D eigenvalue weighted by atomic mass is 10.2. The van der Waals surface area contributed by atoms with Crippen LogP contribution in [0, 0.1) is 0 Å². The molecule has 6 heteroatoms. The third-order valence-corrected chi connectivity index (χ3v) is 3.21. The molecule has 6 nitrogen and oxygen atoms in total. The highest BCUT2D eigenvalue weighted by molar-refractivity contribution is 5.82. The van der Waals surface area contributed by atoms with Crippen LogP contribution in [-0.4, -0.2) is 60.3 Å². The number of amides is 1. The van der Waals surface area contributed by atoms with Crippen molar-refractivity contribution in [3.05, 3.63) is 0 Å². The van der Waals surface area contributed by atoms with Gasteiger partial charge in [-0.3, -0.25) is 4.79 Å². The highest BCUT2D eigenvalue weighted by Gasteiger charge is 2.34. The SMILES string of the molecule is CCN(CC)CCNC(=O)C1CCC(C(=O)O)O1. The number of aliphatic carboxylic acids is 1. The monoisotopic (exact) mass is 258 g/mol. The number of hydrogen-bond acceptors (Lipinski definition) is 4. The highest BCUT2D eigenvalue weighted by atomic mass is 16.5. The molecule has 2 N–H and O–H groups in total. The summed E-state index contributed by atoms with van der Waals surface area (Å²) < 4.78 is 5.17. The standard InChI is InChI=1S/C12H22N2O4/c1-3-14(4-2)8-7-13-11(15)9-5-6-10(18-9)12(16)17/h9-10H,3-8H2,1-2H3,(H,13,15)(H,16,17). The molecule has 2 atom stereocenters. The van der Waals surface area contributed by atoms with Crippen molar-refractivity contribution in [3.63, 3.8) is 0 Å². The largest absolute Gasteiger partial charge is 0.479 e. The molecule has 0 bridgehead atoms. The first-order chi connectivity index (χ1) is 8.58. The summed E-state index contributed by atoms with van der Waals surface area (Å²) >= 11 is 0. The molecule has 1 amide bonds. The van der Waals surface area contributed by atoms with Crippen molar-refractivity contribution in [2.45, 2.75) is 38.9 Å². The Hall–Kier alpha value is -1.14. The summed E-state index contributed by atoms with van der Waals surface area (Å²) in [5.74, 6) is -1.20. The summed E-state index contributed by atoms with van der Waals surface area (Å²) in [6.07, 6.45) is -0.552. The van der Waals surface area contributed by atoms with Gasteiger partial charge in [0, 0.05) is 13.1 Å². The zero-order chi connectivity index (χ0) is 13.5. The Labute approximate surface area is 107 Å². The quantitative estimate of drug-likeness (QED) is 0.676. The van der Waals surface area contributed by atoms with E-state index < -0.39 is 18.2 Å². The third kappa shape index (κ3) is 4.27. The summed E-state index contributed by atoms with van der Waals surface area (Å²) in [5.41, 5.74) is 0. The molecule has 0 aliphatic carbocycles. The summed E-state index contributed by atoms with van der Waals surface area (Å²) in [4.78, 5) is 24.6. The first-order valence-corrected chi connectivity index (χ1v) is 6.46. The van der Waals surface area contributed by atoms with E-state index in [1.165, 1.54) is 0 Å². The van der Waals surface area contributed by atoms with Crippen molar-refractivity contribution in [2.24, 2.45) is 0 Å². The molecule has 2 unspecified atom stereocenters. The van der Waals surface area contributed by atoms with E-state index >= 15 is 0 Å². The fraction of sp³-hybridized carbons (Fsp3) is 0.833. The van der Waals surface area contributed by atoms with Crippen molar-refractivity contribution >= 4 is 11.9 Å². The third-order valence-electron chi connectivity index (χ3n) is 3.21. The van der Waals surface area contributed by atoms with E-state index in [4.69, 9.17) is 9.84 Å². The van der Waals surface area contributed by atoms with Gasteiger partial charge >= 0.3 is 5.97 Å². The minimum absolute atomic E-state index is 0.203. The van der Waals surface area contributed by atoms with Gasteiger partial charge in [-0.2, -0.15) is 0 Å². The van der Waals surface area contributed by atoms with Crippen LogP contribution in [0.1, 0.15) is 26.7 Å². The van der Waals surface area contributed by atoms with Crippen molar-refractivity contribution in [2.75, 3.05) is 26.2 Å². The molecule has 0 spiro atoms. The Morgan fingerprint density at radius 3 is 2.39 bits per heavy atom. The van der Waals surface area contributed by atoms with Crippen LogP contribution in [-0.2, 0) is 14.3 Å². The molecule has 0 aromatic rings. The molecule has 0 radical (unpaired) electrons. The van der Waals surface area contributed by atoms with Crippen molar-refractivity contribution < 1.29 is 19.4 Å². The van der Waals surface area contributed by atoms with Gasteiger partial charge in [-0.15, -0.1) is 0 Å². The Kier molecular flexibility index (Phi) is 6.07. The molecule has 0 aromatic carbocycles. The Morgan fingerprint density at radius 2 is 1.89 bits per heavy atom. The van der Waals surface area contributed by atoms with Gasteiger partial charge in [-0.25, -0.2) is 4.79 Å². The van der Waals surface area contributed by atoms with Crippen molar-refractivity contribution in [1.29, 1.82) is 0 Å². The molecular formula is C12H22N2O4. The van der Waals surface area contributed by atoms with Gasteiger partial charge in [0.25, 0.3) is 0 Å². The lowest BCUT2D eigenvalue weighted by Gasteiger charge is -2.19. The number of nitrogens with zero attached hydrogens (tertiary/aromatic N) is 1. The smallest absolute Gasteiger partial charge is 0.332 e. The van der Waals surface area contributed by atoms with Crippen molar-refractivity contribution in [1.82, 2.24) is 10.2 Å². The maximum Gasteiger partial charge on any atom is 0.332 e. The van der Waals surface area contributed by atoms with Gasteiger partial charge in [0.2, 0.25) is 5.91 Å². The Balaban J connectivity index is 2.24. The molecule has 1 fully saturated rings. The fourth-order valence-electron chi connectivity index (χ4n) is 2.00. The van der Waals surface area contributed by atoms with Crippen LogP contribution in [0.4, 0.5) is 0 Å². The minimum atomic E-state index is -0.992. The molecule has 1 heterocycles. The molecule has 18 heavy (non-hydrogen) atoms. The van der Waals surface area contributed by atoms with Gasteiger partial charge in [0.05, 0.1) is 0 Å². The number of carboxylic acids is 1. The number of carbonyl (C=O) groups excluding carboxylic acids is 1. The molecule has 1 saturated heterocycles. The average molecular weight is 258 g/mol. The van der Waals surface area contributed by atoms with Gasteiger partial charge in [-0.1, -0.05) is 13.8 Å². The van der Waals surface area contributed by atoms with Crippen LogP contribution in [0.15, 0.2) is 0 Å². The lowest BCUT2D eigenvalue weighted by Crippen LogP contribution is -2.40. The number of rotatable bonds is 7. The molecule has 1 aliphatic rings. The van der Waals surface area contributed by atoms with Crippen LogP contribution in [0.3, 0.4) is 0 Å². The maximum absolute atomic E-state index is 11.7. The van der Waals surface area contributed by atoms with E-state index in [0.717, 1.165) is 19.6 Å². The number of carbonyl (C=O) groups is 2. The summed E-state index contributed by atoms with van der Waals surface area (Å²) in [7, 11) is 0. The van der Waals surface area contributed by atoms with Crippen LogP contribution in [0.25, 0.3) is 0 Å². The summed E-state index contributed by atoms with van der Waals surface area (Å²) in [5, 5.41) is 11.5. The number of carboxylic acid groups (broad SMARTS) is 1. The normalized spacial score (nSPS) is 23.3. The van der Waals surface area contributed by atoms with Gasteiger partial charge in [0.1, 0.15) is 6.10 Å². The van der Waals surface area contributed by atoms with E-state index in [9.17, 15) is 9.59 Å². The van der Waals surface area contributed by atoms with Gasteiger partial charge < -0.3 is 20.1 Å². The molecule has 1 rings (SSSR count). The van der Waals surface area contributed by atoms with E-state index in [2.05, 4.69) is 24.1 Å². The van der Waals surface area contributed by atoms with Crippen LogP contribution in [0.5, 0.6) is 0 Å². The number of likely N-dealkylation sites (N-methyl/N-ethyl adjacent to an activating group) is 1. The van der Waals surface area contributed by atoms with Crippen LogP contribution in [0.2, 0.25) is 0 Å². The summed E-state index contributed by atoms with van der Waals surface area (Å²) in [6, 6.07) is 0. The first kappa shape index (κ1) is 14.9. The Bertz CT molecular complexity index is 292. The average Bonchev–Trinajstić information content (AvgIpc) is 2.84. The fourth-order valence-corrected chi connectivity index (χ4v) is 2.00. The molecular weight excluding hydrogens is 236 g/mol. The predicted molar refractivity (Wildman–Crippen MR) is 66.3 cm³/mol. The molecule has 1 aliphatic heterocycles. The van der Waals surface area contributed by atoms with E-state index in [-0.39, 0.29) is 5.91 Å². The second-order valence-electron chi connectivity index (χ2n) is 4.35. The Morgan fingerprint density at radius 1 is 1.28 bits per heavy atom. The highest BCUT2D eigenvalue weighted by Crippen LogP contribution is 2.19. The van der Waals surface area contributed by atoms with Crippen LogP contribution < -0.4 is 5.32 Å². The van der Waals surface area contributed by atoms with Crippen molar-refractivity contribution in [3.8, 4) is 0 Å². The molecule has 104 valence electrons. The van der Waals surface area contributed by atoms with E-state index in [1.54, 1.807) is 0 Å². The maximum atomic E-state index is 11.7. The second kappa shape index (κ2) is 7.33. The minimum Gasteiger partial charge on any atom is -0.479 e. The molecule has 0 aromatic heterocycles. The van der Waals surface area contributed by atoms with E-state index in [1.807, 2.05) is 0 Å². The molecule has 0 saturated carbocycles. The first-order valence-electron chi connectivity index (χ1n) is 6.46. The topological polar surface area (TPSA) is 78.9 Å². The van der Waals surface area contributed by atoms with Gasteiger partial charge in [-0.05, 0) is 25.9 Å². The second-order valence-corrected chi connectivity index (χ2v) is 4.35. The summed E-state index contributed by atoms with van der Waals surface area (Å²) in [6.45, 7) is 7.42. The number of hydrogen-bond donors (Lipinski definition) is 2. The van der Waals surface area contributed by atoms with Gasteiger partial charge in [0.15, 0.2) is 6.10 Å². The zero-order valence-electron chi connectivity index (χ0n) is 11.0. The number of nitrogens with one attached hydrogen (secondary N) is 1. The van der Waals surface area contributed by atoms with Crippen LogP contribution >= 0.6 is 0 Å². The number of ether oxygens (including phenoxy) is 1.